The molecule has 2 nitrogen and oxygen atoms in total. The minimum atomic E-state index is -1.19. The third-order valence-corrected chi connectivity index (χ3v) is 4.12. The zero-order valence-corrected chi connectivity index (χ0v) is 11.8. The van der Waals surface area contributed by atoms with Gasteiger partial charge in [0.05, 0.1) is 5.75 Å². The van der Waals surface area contributed by atoms with Crippen molar-refractivity contribution < 1.29 is 9.00 Å². The van der Waals surface area contributed by atoms with Gasteiger partial charge in [0.15, 0.2) is 5.78 Å². The van der Waals surface area contributed by atoms with Gasteiger partial charge in [0.25, 0.3) is 0 Å². The average Bonchev–Trinajstić information content (AvgIpc) is 2.40. The Morgan fingerprint density at radius 1 is 1.00 bits per heavy atom. The van der Waals surface area contributed by atoms with E-state index < -0.39 is 10.8 Å². The molecule has 0 saturated heterocycles. The molecule has 0 aliphatic carbocycles. The van der Waals surface area contributed by atoms with Crippen LogP contribution in [0.1, 0.15) is 15.9 Å². The summed E-state index contributed by atoms with van der Waals surface area (Å²) < 4.78 is 11.9. The second kappa shape index (κ2) is 6.64. The van der Waals surface area contributed by atoms with Crippen LogP contribution in [-0.2, 0) is 16.6 Å². The Morgan fingerprint density at radius 2 is 1.63 bits per heavy atom. The summed E-state index contributed by atoms with van der Waals surface area (Å²) in [7, 11) is -1.19. The van der Waals surface area contributed by atoms with E-state index in [2.05, 4.69) is 0 Å². The fourth-order valence-corrected chi connectivity index (χ4v) is 2.93. The quantitative estimate of drug-likeness (QED) is 0.791. The van der Waals surface area contributed by atoms with Crippen molar-refractivity contribution in [1.29, 1.82) is 0 Å². The number of carbonyl (C=O) groups is 1. The predicted octanol–water partition coefficient (Wildman–Crippen LogP) is 3.47. The van der Waals surface area contributed by atoms with Crippen LogP contribution in [0.25, 0.3) is 0 Å². The lowest BCUT2D eigenvalue weighted by Gasteiger charge is -2.03. The summed E-state index contributed by atoms with van der Waals surface area (Å²) in [5.41, 5.74) is 1.52. The molecule has 0 heterocycles. The van der Waals surface area contributed by atoms with E-state index in [0.29, 0.717) is 16.3 Å². The first-order chi connectivity index (χ1) is 9.15. The predicted molar refractivity (Wildman–Crippen MR) is 78.9 cm³/mol. The van der Waals surface area contributed by atoms with Gasteiger partial charge < -0.3 is 0 Å². The van der Waals surface area contributed by atoms with Gasteiger partial charge in [-0.1, -0.05) is 41.9 Å². The molecule has 0 saturated carbocycles. The average molecular weight is 293 g/mol. The van der Waals surface area contributed by atoms with Crippen molar-refractivity contribution in [2.24, 2.45) is 0 Å². The SMILES string of the molecule is O=C(CS(=O)Cc1ccccc1)c1ccc(Cl)cc1. The first kappa shape index (κ1) is 14.0. The van der Waals surface area contributed by atoms with E-state index in [0.717, 1.165) is 5.56 Å². The number of ketones is 1. The Kier molecular flexibility index (Phi) is 4.88. The van der Waals surface area contributed by atoms with E-state index in [1.807, 2.05) is 30.3 Å². The third-order valence-electron chi connectivity index (χ3n) is 2.63. The number of benzene rings is 2. The van der Waals surface area contributed by atoms with Crippen LogP contribution in [0, 0.1) is 0 Å². The molecule has 2 aromatic rings. The maximum Gasteiger partial charge on any atom is 0.175 e. The fraction of sp³-hybridized carbons (Fsp3) is 0.133. The summed E-state index contributed by atoms with van der Waals surface area (Å²) in [6, 6.07) is 16.2. The van der Waals surface area contributed by atoms with Crippen LogP contribution < -0.4 is 0 Å². The fourth-order valence-electron chi connectivity index (χ4n) is 1.68. The van der Waals surface area contributed by atoms with Crippen molar-refractivity contribution in [2.45, 2.75) is 5.75 Å². The van der Waals surface area contributed by atoms with E-state index in [4.69, 9.17) is 11.6 Å². The van der Waals surface area contributed by atoms with E-state index in [1.165, 1.54) is 0 Å². The molecule has 0 aliphatic heterocycles. The third kappa shape index (κ3) is 4.30. The lowest BCUT2D eigenvalue weighted by atomic mass is 10.1. The van der Waals surface area contributed by atoms with Crippen LogP contribution in [-0.4, -0.2) is 15.7 Å². The van der Waals surface area contributed by atoms with Crippen LogP contribution in [0.5, 0.6) is 0 Å². The van der Waals surface area contributed by atoms with Crippen molar-refractivity contribution in [2.75, 3.05) is 5.75 Å². The number of halogens is 1. The van der Waals surface area contributed by atoms with Gasteiger partial charge in [-0.3, -0.25) is 9.00 Å². The van der Waals surface area contributed by atoms with Gasteiger partial charge in [-0.25, -0.2) is 0 Å². The van der Waals surface area contributed by atoms with Crippen LogP contribution in [0.15, 0.2) is 54.6 Å². The topological polar surface area (TPSA) is 34.1 Å². The zero-order chi connectivity index (χ0) is 13.7. The van der Waals surface area contributed by atoms with E-state index >= 15 is 0 Å². The summed E-state index contributed by atoms with van der Waals surface area (Å²) in [6.45, 7) is 0. The minimum Gasteiger partial charge on any atom is -0.293 e. The summed E-state index contributed by atoms with van der Waals surface area (Å²) in [4.78, 5) is 11.9. The van der Waals surface area contributed by atoms with Gasteiger partial charge in [-0.05, 0) is 29.8 Å². The van der Waals surface area contributed by atoms with Gasteiger partial charge in [-0.15, -0.1) is 0 Å². The molecule has 1 unspecified atom stereocenters. The monoisotopic (exact) mass is 292 g/mol. The first-order valence-electron chi connectivity index (χ1n) is 5.83. The molecule has 2 aromatic carbocycles. The highest BCUT2D eigenvalue weighted by molar-refractivity contribution is 7.85. The van der Waals surface area contributed by atoms with Crippen molar-refractivity contribution in [3.05, 3.63) is 70.7 Å². The van der Waals surface area contributed by atoms with Gasteiger partial charge in [-0.2, -0.15) is 0 Å². The summed E-state index contributed by atoms with van der Waals surface area (Å²) in [6.07, 6.45) is 0. The van der Waals surface area contributed by atoms with E-state index in [1.54, 1.807) is 24.3 Å². The number of carbonyl (C=O) groups excluding carboxylic acids is 1. The summed E-state index contributed by atoms with van der Waals surface area (Å²) in [5.74, 6) is 0.322. The van der Waals surface area contributed by atoms with E-state index in [-0.39, 0.29) is 11.5 Å². The van der Waals surface area contributed by atoms with Crippen LogP contribution in [0.3, 0.4) is 0 Å². The molecule has 1 atom stereocenters. The largest absolute Gasteiger partial charge is 0.293 e. The summed E-state index contributed by atoms with van der Waals surface area (Å²) >= 11 is 5.76. The number of rotatable bonds is 5. The Balaban J connectivity index is 1.95. The van der Waals surface area contributed by atoms with Gasteiger partial charge in [0.2, 0.25) is 0 Å². The highest BCUT2D eigenvalue weighted by Crippen LogP contribution is 2.11. The van der Waals surface area contributed by atoms with Crippen molar-refractivity contribution in [1.82, 2.24) is 0 Å². The van der Waals surface area contributed by atoms with Crippen molar-refractivity contribution in [3.63, 3.8) is 0 Å². The lowest BCUT2D eigenvalue weighted by molar-refractivity contribution is 0.102. The zero-order valence-electron chi connectivity index (χ0n) is 10.2. The van der Waals surface area contributed by atoms with Gasteiger partial charge in [0, 0.05) is 27.1 Å². The Morgan fingerprint density at radius 3 is 2.26 bits per heavy atom. The second-order valence-corrected chi connectivity index (χ2v) is 6.04. The molecule has 4 heteroatoms. The molecule has 19 heavy (non-hydrogen) atoms. The van der Waals surface area contributed by atoms with Crippen LogP contribution in [0.2, 0.25) is 5.02 Å². The molecule has 0 aliphatic rings. The number of hydrogen-bond donors (Lipinski definition) is 0. The highest BCUT2D eigenvalue weighted by atomic mass is 35.5. The molecule has 0 bridgehead atoms. The van der Waals surface area contributed by atoms with Crippen LogP contribution >= 0.6 is 11.6 Å². The first-order valence-corrected chi connectivity index (χ1v) is 7.69. The molecule has 2 rings (SSSR count). The molecule has 0 amide bonds. The molecular weight excluding hydrogens is 280 g/mol. The standard InChI is InChI=1S/C15H13ClO2S/c16-14-8-6-13(7-9-14)15(17)11-19(18)10-12-4-2-1-3-5-12/h1-9H,10-11H2. The maximum absolute atomic E-state index is 11.9. The molecule has 98 valence electrons. The molecule has 0 aromatic heterocycles. The lowest BCUT2D eigenvalue weighted by Crippen LogP contribution is -2.12. The molecule has 0 fully saturated rings. The Bertz CT molecular complexity index is 579. The van der Waals surface area contributed by atoms with Crippen molar-refractivity contribution in [3.8, 4) is 0 Å². The molecule has 0 radical (unpaired) electrons. The minimum absolute atomic E-state index is 0.0382. The molecule has 0 spiro atoms. The Labute approximate surface area is 119 Å². The van der Waals surface area contributed by atoms with Crippen LogP contribution in [0.4, 0.5) is 0 Å². The van der Waals surface area contributed by atoms with Crippen molar-refractivity contribution >= 4 is 28.2 Å². The van der Waals surface area contributed by atoms with E-state index in [9.17, 15) is 9.00 Å². The second-order valence-electron chi connectivity index (χ2n) is 4.14. The number of hydrogen-bond acceptors (Lipinski definition) is 2. The maximum atomic E-state index is 11.9. The van der Waals surface area contributed by atoms with Gasteiger partial charge >= 0.3 is 0 Å². The normalized spacial score (nSPS) is 12.1. The highest BCUT2D eigenvalue weighted by Gasteiger charge is 2.11. The smallest absolute Gasteiger partial charge is 0.175 e. The Hall–Kier alpha value is -1.45. The molecule has 0 N–H and O–H groups in total. The molecular formula is C15H13ClO2S. The number of Topliss-reactive ketones (excluding diaryl/α,β-unsaturated/α-hetero) is 1. The van der Waals surface area contributed by atoms with Gasteiger partial charge in [0.1, 0.15) is 0 Å². The summed E-state index contributed by atoms with van der Waals surface area (Å²) in [5, 5.41) is 0.585.